The van der Waals surface area contributed by atoms with Crippen molar-refractivity contribution < 1.29 is 8.42 Å². The summed E-state index contributed by atoms with van der Waals surface area (Å²) in [6, 6.07) is 6.66. The predicted molar refractivity (Wildman–Crippen MR) is 74.7 cm³/mol. The quantitative estimate of drug-likeness (QED) is 0.900. The standard InChI is InChI=1S/C12H17BrN2O2S/c1-12(2)7-10(14)8-15(12)18(16,17)11-5-3-4-9(13)6-11/h3-6,10H,7-8,14H2,1-2H3. The normalized spacial score (nSPS) is 24.3. The molecule has 0 spiro atoms. The van der Waals surface area contributed by atoms with Crippen LogP contribution in [0, 0.1) is 0 Å². The van der Waals surface area contributed by atoms with Gasteiger partial charge >= 0.3 is 0 Å². The second-order valence-corrected chi connectivity index (χ2v) is 8.05. The molecule has 1 aliphatic rings. The average molecular weight is 333 g/mol. The van der Waals surface area contributed by atoms with Crippen LogP contribution < -0.4 is 5.73 Å². The van der Waals surface area contributed by atoms with Gasteiger partial charge in [0.15, 0.2) is 0 Å². The fourth-order valence-electron chi connectivity index (χ4n) is 2.45. The Kier molecular flexibility index (Phi) is 3.57. The fraction of sp³-hybridized carbons (Fsp3) is 0.500. The van der Waals surface area contributed by atoms with Gasteiger partial charge in [-0.25, -0.2) is 8.42 Å². The molecule has 4 nitrogen and oxygen atoms in total. The predicted octanol–water partition coefficient (Wildman–Crippen LogP) is 1.95. The molecule has 1 atom stereocenters. The van der Waals surface area contributed by atoms with Crippen LogP contribution >= 0.6 is 15.9 Å². The smallest absolute Gasteiger partial charge is 0.243 e. The van der Waals surface area contributed by atoms with Crippen molar-refractivity contribution in [2.75, 3.05) is 6.54 Å². The molecular formula is C12H17BrN2O2S. The molecule has 0 saturated carbocycles. The van der Waals surface area contributed by atoms with E-state index in [2.05, 4.69) is 15.9 Å². The first-order valence-corrected chi connectivity index (χ1v) is 8.01. The van der Waals surface area contributed by atoms with Crippen LogP contribution in [0.1, 0.15) is 20.3 Å². The lowest BCUT2D eigenvalue weighted by molar-refractivity contribution is 0.291. The van der Waals surface area contributed by atoms with Crippen molar-refractivity contribution in [2.45, 2.75) is 36.7 Å². The van der Waals surface area contributed by atoms with E-state index in [1.54, 1.807) is 24.3 Å². The minimum Gasteiger partial charge on any atom is -0.326 e. The van der Waals surface area contributed by atoms with Crippen molar-refractivity contribution >= 4 is 26.0 Å². The van der Waals surface area contributed by atoms with Gasteiger partial charge in [-0.2, -0.15) is 4.31 Å². The highest BCUT2D eigenvalue weighted by molar-refractivity contribution is 9.10. The van der Waals surface area contributed by atoms with Gasteiger partial charge in [0.05, 0.1) is 4.90 Å². The molecule has 2 N–H and O–H groups in total. The Bertz CT molecular complexity index is 557. The minimum atomic E-state index is -3.48. The summed E-state index contributed by atoms with van der Waals surface area (Å²) in [6.45, 7) is 4.20. The van der Waals surface area contributed by atoms with Gasteiger partial charge in [0.25, 0.3) is 0 Å². The maximum absolute atomic E-state index is 12.6. The molecule has 0 aliphatic carbocycles. The molecular weight excluding hydrogens is 316 g/mol. The number of nitrogens with two attached hydrogens (primary N) is 1. The third-order valence-corrected chi connectivity index (χ3v) is 5.79. The number of hydrogen-bond acceptors (Lipinski definition) is 3. The zero-order chi connectivity index (χ0) is 13.6. The van der Waals surface area contributed by atoms with E-state index in [1.807, 2.05) is 13.8 Å². The van der Waals surface area contributed by atoms with E-state index in [9.17, 15) is 8.42 Å². The molecule has 0 bridgehead atoms. The van der Waals surface area contributed by atoms with E-state index in [0.717, 1.165) is 4.47 Å². The molecule has 2 rings (SSSR count). The van der Waals surface area contributed by atoms with Crippen molar-refractivity contribution in [3.05, 3.63) is 28.7 Å². The highest BCUT2D eigenvalue weighted by atomic mass is 79.9. The number of sulfonamides is 1. The van der Waals surface area contributed by atoms with Gasteiger partial charge in [-0.15, -0.1) is 0 Å². The molecule has 100 valence electrons. The first-order chi connectivity index (χ1) is 8.23. The summed E-state index contributed by atoms with van der Waals surface area (Å²) >= 11 is 3.30. The molecule has 1 aromatic carbocycles. The van der Waals surface area contributed by atoms with Crippen molar-refractivity contribution in [1.29, 1.82) is 0 Å². The Morgan fingerprint density at radius 2 is 2.11 bits per heavy atom. The molecule has 1 aliphatic heterocycles. The van der Waals surface area contributed by atoms with Crippen molar-refractivity contribution in [1.82, 2.24) is 4.31 Å². The number of hydrogen-bond donors (Lipinski definition) is 1. The molecule has 1 heterocycles. The SMILES string of the molecule is CC1(C)CC(N)CN1S(=O)(=O)c1cccc(Br)c1. The summed E-state index contributed by atoms with van der Waals surface area (Å²) in [5, 5.41) is 0. The Hall–Kier alpha value is -0.430. The van der Waals surface area contributed by atoms with Crippen LogP contribution in [0.5, 0.6) is 0 Å². The van der Waals surface area contributed by atoms with Gasteiger partial charge in [-0.05, 0) is 38.5 Å². The van der Waals surface area contributed by atoms with E-state index in [0.29, 0.717) is 17.9 Å². The zero-order valence-electron chi connectivity index (χ0n) is 10.4. The Morgan fingerprint density at radius 1 is 1.44 bits per heavy atom. The molecule has 0 aromatic heterocycles. The summed E-state index contributed by atoms with van der Waals surface area (Å²) in [5.41, 5.74) is 5.46. The number of benzene rings is 1. The maximum atomic E-state index is 12.6. The van der Waals surface area contributed by atoms with Crippen LogP contribution in [0.25, 0.3) is 0 Å². The van der Waals surface area contributed by atoms with Crippen LogP contribution in [-0.4, -0.2) is 30.8 Å². The van der Waals surface area contributed by atoms with Crippen LogP contribution in [0.2, 0.25) is 0 Å². The van der Waals surface area contributed by atoms with Gasteiger partial charge in [0, 0.05) is 22.6 Å². The lowest BCUT2D eigenvalue weighted by Gasteiger charge is -2.30. The molecule has 6 heteroatoms. The molecule has 0 radical (unpaired) electrons. The maximum Gasteiger partial charge on any atom is 0.243 e. The van der Waals surface area contributed by atoms with Gasteiger partial charge in [-0.1, -0.05) is 22.0 Å². The number of halogens is 1. The van der Waals surface area contributed by atoms with Gasteiger partial charge in [0.1, 0.15) is 0 Å². The van der Waals surface area contributed by atoms with Crippen molar-refractivity contribution in [3.8, 4) is 0 Å². The first kappa shape index (κ1) is 14.0. The van der Waals surface area contributed by atoms with Crippen molar-refractivity contribution in [3.63, 3.8) is 0 Å². The van der Waals surface area contributed by atoms with E-state index in [-0.39, 0.29) is 6.04 Å². The second kappa shape index (κ2) is 4.59. The van der Waals surface area contributed by atoms with E-state index in [1.165, 1.54) is 4.31 Å². The van der Waals surface area contributed by atoms with E-state index < -0.39 is 15.6 Å². The van der Waals surface area contributed by atoms with Crippen LogP contribution in [0.4, 0.5) is 0 Å². The Balaban J connectivity index is 2.44. The van der Waals surface area contributed by atoms with Crippen LogP contribution in [0.15, 0.2) is 33.6 Å². The summed E-state index contributed by atoms with van der Waals surface area (Å²) in [5.74, 6) is 0. The highest BCUT2D eigenvalue weighted by Crippen LogP contribution is 2.33. The molecule has 1 unspecified atom stereocenters. The molecule has 1 aromatic rings. The molecule has 1 saturated heterocycles. The summed E-state index contributed by atoms with van der Waals surface area (Å²) in [6.07, 6.45) is 0.681. The summed E-state index contributed by atoms with van der Waals surface area (Å²) < 4.78 is 27.5. The number of nitrogens with zero attached hydrogens (tertiary/aromatic N) is 1. The molecule has 18 heavy (non-hydrogen) atoms. The summed E-state index contributed by atoms with van der Waals surface area (Å²) in [4.78, 5) is 0.305. The third kappa shape index (κ3) is 2.47. The lowest BCUT2D eigenvalue weighted by Crippen LogP contribution is -2.42. The van der Waals surface area contributed by atoms with Crippen LogP contribution in [0.3, 0.4) is 0 Å². The first-order valence-electron chi connectivity index (χ1n) is 5.77. The Morgan fingerprint density at radius 3 is 2.61 bits per heavy atom. The molecule has 1 fully saturated rings. The van der Waals surface area contributed by atoms with Gasteiger partial charge in [0.2, 0.25) is 10.0 Å². The minimum absolute atomic E-state index is 0.0954. The third-order valence-electron chi connectivity index (χ3n) is 3.22. The monoisotopic (exact) mass is 332 g/mol. The van der Waals surface area contributed by atoms with Crippen LogP contribution in [-0.2, 0) is 10.0 Å². The highest BCUT2D eigenvalue weighted by Gasteiger charge is 2.44. The fourth-order valence-corrected chi connectivity index (χ4v) is 4.89. The lowest BCUT2D eigenvalue weighted by atomic mass is 10.0. The average Bonchev–Trinajstić information content (AvgIpc) is 2.52. The van der Waals surface area contributed by atoms with E-state index >= 15 is 0 Å². The number of rotatable bonds is 2. The Labute approximate surface area is 116 Å². The zero-order valence-corrected chi connectivity index (χ0v) is 12.8. The van der Waals surface area contributed by atoms with Gasteiger partial charge < -0.3 is 5.73 Å². The topological polar surface area (TPSA) is 63.4 Å². The molecule has 0 amide bonds. The summed E-state index contributed by atoms with van der Waals surface area (Å²) in [7, 11) is -3.48. The van der Waals surface area contributed by atoms with E-state index in [4.69, 9.17) is 5.73 Å². The largest absolute Gasteiger partial charge is 0.326 e. The van der Waals surface area contributed by atoms with Gasteiger partial charge in [-0.3, -0.25) is 0 Å². The second-order valence-electron chi connectivity index (χ2n) is 5.27. The van der Waals surface area contributed by atoms with Crippen molar-refractivity contribution in [2.24, 2.45) is 5.73 Å².